The number of carbonyl (C=O) groups is 5. The Morgan fingerprint density at radius 2 is 1.62 bits per heavy atom. The fourth-order valence-electron chi connectivity index (χ4n) is 3.42. The average Bonchev–Trinajstić information content (AvgIpc) is 2.91. The first kappa shape index (κ1) is 20.2. The van der Waals surface area contributed by atoms with Crippen molar-refractivity contribution in [3.63, 3.8) is 0 Å². The van der Waals surface area contributed by atoms with Gasteiger partial charge in [-0.1, -0.05) is 18.2 Å². The largest absolute Gasteiger partial charge is 0.454 e. The Hall–Kier alpha value is -3.49. The van der Waals surface area contributed by atoms with Gasteiger partial charge < -0.3 is 15.4 Å². The van der Waals surface area contributed by atoms with Crippen molar-refractivity contribution in [2.75, 3.05) is 23.8 Å². The molecular weight excluding hydrogens is 378 g/mol. The van der Waals surface area contributed by atoms with E-state index in [0.717, 1.165) is 4.90 Å². The molecule has 1 aromatic carbocycles. The number of nitrogens with zero attached hydrogens (tertiary/aromatic N) is 1. The number of anilines is 2. The van der Waals surface area contributed by atoms with Crippen LogP contribution in [0.1, 0.15) is 19.8 Å². The number of carbonyl (C=O) groups excluding carboxylic acids is 5. The molecule has 2 atom stereocenters. The molecule has 1 heterocycles. The standard InChI is InChI=1S/C20H21N3O6/c1-12(24)21-13-5-4-6-14(9-13)22-17(25)11-29-18(26)10-23-19(27)15-7-2-3-8-16(15)20(23)28/h2-6,9,15-16H,7-8,10-11H2,1H3,(H,21,24)(H,22,25)/t15-,16-/m1/s1. The Morgan fingerprint density at radius 1 is 1.03 bits per heavy atom. The number of likely N-dealkylation sites (tertiary alicyclic amines) is 1. The van der Waals surface area contributed by atoms with Crippen LogP contribution in [0.15, 0.2) is 36.4 Å². The molecule has 0 bridgehead atoms. The van der Waals surface area contributed by atoms with Crippen LogP contribution in [-0.4, -0.2) is 47.6 Å². The fraction of sp³-hybridized carbons (Fsp3) is 0.350. The Kier molecular flexibility index (Phi) is 6.06. The van der Waals surface area contributed by atoms with Crippen LogP contribution in [0.25, 0.3) is 0 Å². The number of imide groups is 1. The second-order valence-corrected chi connectivity index (χ2v) is 6.89. The number of amides is 4. The minimum absolute atomic E-state index is 0.246. The van der Waals surface area contributed by atoms with Crippen molar-refractivity contribution < 1.29 is 28.7 Å². The van der Waals surface area contributed by atoms with Crippen molar-refractivity contribution in [3.8, 4) is 0 Å². The third-order valence-corrected chi connectivity index (χ3v) is 4.72. The lowest BCUT2D eigenvalue weighted by Crippen LogP contribution is -2.37. The second-order valence-electron chi connectivity index (χ2n) is 6.89. The summed E-state index contributed by atoms with van der Waals surface area (Å²) < 4.78 is 4.90. The van der Waals surface area contributed by atoms with Gasteiger partial charge in [0, 0.05) is 18.3 Å². The van der Waals surface area contributed by atoms with E-state index in [1.165, 1.54) is 6.92 Å². The molecule has 1 aliphatic heterocycles. The number of esters is 1. The highest BCUT2D eigenvalue weighted by atomic mass is 16.5. The number of benzene rings is 1. The van der Waals surface area contributed by atoms with Crippen molar-refractivity contribution in [1.29, 1.82) is 0 Å². The molecule has 0 aromatic heterocycles. The second kappa shape index (κ2) is 8.68. The Labute approximate surface area is 167 Å². The third kappa shape index (κ3) is 4.87. The zero-order valence-corrected chi connectivity index (χ0v) is 15.8. The first-order chi connectivity index (χ1) is 13.8. The maximum atomic E-state index is 12.3. The first-order valence-corrected chi connectivity index (χ1v) is 9.18. The summed E-state index contributed by atoms with van der Waals surface area (Å²) in [6.45, 7) is 0.301. The highest BCUT2D eigenvalue weighted by Gasteiger charge is 2.47. The summed E-state index contributed by atoms with van der Waals surface area (Å²) in [5.74, 6) is -3.25. The third-order valence-electron chi connectivity index (χ3n) is 4.72. The van der Waals surface area contributed by atoms with Crippen LogP contribution in [0, 0.1) is 11.8 Å². The van der Waals surface area contributed by atoms with Gasteiger partial charge in [0.25, 0.3) is 5.91 Å². The molecule has 152 valence electrons. The van der Waals surface area contributed by atoms with Crippen LogP contribution in [-0.2, 0) is 28.7 Å². The fourth-order valence-corrected chi connectivity index (χ4v) is 3.42. The molecule has 3 rings (SSSR count). The minimum Gasteiger partial charge on any atom is -0.454 e. The molecule has 0 spiro atoms. The maximum Gasteiger partial charge on any atom is 0.326 e. The van der Waals surface area contributed by atoms with Gasteiger partial charge in [0.15, 0.2) is 6.61 Å². The molecular formula is C20H21N3O6. The molecule has 1 aliphatic carbocycles. The molecule has 0 saturated carbocycles. The summed E-state index contributed by atoms with van der Waals surface area (Å²) in [6, 6.07) is 6.47. The van der Waals surface area contributed by atoms with Crippen LogP contribution in [0.3, 0.4) is 0 Å². The van der Waals surface area contributed by atoms with E-state index in [1.54, 1.807) is 24.3 Å². The number of fused-ring (bicyclic) bond motifs is 1. The van der Waals surface area contributed by atoms with Gasteiger partial charge >= 0.3 is 5.97 Å². The van der Waals surface area contributed by atoms with Gasteiger partial charge in [0.05, 0.1) is 11.8 Å². The number of rotatable bonds is 6. The summed E-state index contributed by atoms with van der Waals surface area (Å²) in [5.41, 5.74) is 0.924. The molecule has 1 aromatic rings. The summed E-state index contributed by atoms with van der Waals surface area (Å²) >= 11 is 0. The zero-order chi connectivity index (χ0) is 21.0. The smallest absolute Gasteiger partial charge is 0.326 e. The van der Waals surface area contributed by atoms with E-state index in [2.05, 4.69) is 10.6 Å². The van der Waals surface area contributed by atoms with Crippen LogP contribution < -0.4 is 10.6 Å². The van der Waals surface area contributed by atoms with Crippen molar-refractivity contribution in [2.45, 2.75) is 19.8 Å². The van der Waals surface area contributed by atoms with Crippen molar-refractivity contribution in [1.82, 2.24) is 4.90 Å². The summed E-state index contributed by atoms with van der Waals surface area (Å²) in [4.78, 5) is 60.7. The Morgan fingerprint density at radius 3 is 2.21 bits per heavy atom. The van der Waals surface area contributed by atoms with Gasteiger partial charge in [0.2, 0.25) is 17.7 Å². The Bertz CT molecular complexity index is 868. The van der Waals surface area contributed by atoms with Crippen LogP contribution in [0.4, 0.5) is 11.4 Å². The van der Waals surface area contributed by atoms with Crippen LogP contribution in [0.5, 0.6) is 0 Å². The number of hydrogen-bond acceptors (Lipinski definition) is 6. The van der Waals surface area contributed by atoms with Crippen molar-refractivity contribution in [3.05, 3.63) is 36.4 Å². The molecule has 1 fully saturated rings. The average molecular weight is 399 g/mol. The van der Waals surface area contributed by atoms with Crippen molar-refractivity contribution >= 4 is 41.0 Å². The number of nitrogens with one attached hydrogen (secondary N) is 2. The van der Waals surface area contributed by atoms with E-state index in [1.807, 2.05) is 12.2 Å². The van der Waals surface area contributed by atoms with Gasteiger partial charge in [-0.25, -0.2) is 0 Å². The lowest BCUT2D eigenvalue weighted by Gasteiger charge is -2.14. The van der Waals surface area contributed by atoms with Gasteiger partial charge in [-0.3, -0.25) is 28.9 Å². The highest BCUT2D eigenvalue weighted by Crippen LogP contribution is 2.34. The SMILES string of the molecule is CC(=O)Nc1cccc(NC(=O)COC(=O)CN2C(=O)[C@@H]3CC=CC[C@H]3C2=O)c1. The number of hydrogen-bond donors (Lipinski definition) is 2. The minimum atomic E-state index is -0.833. The van der Waals surface area contributed by atoms with E-state index in [-0.39, 0.29) is 17.7 Å². The van der Waals surface area contributed by atoms with Gasteiger partial charge in [-0.15, -0.1) is 0 Å². The topological polar surface area (TPSA) is 122 Å². The molecule has 9 nitrogen and oxygen atoms in total. The summed E-state index contributed by atoms with van der Waals surface area (Å²) in [6.07, 6.45) is 4.69. The predicted octanol–water partition coefficient (Wildman–Crippen LogP) is 1.08. The van der Waals surface area contributed by atoms with E-state index >= 15 is 0 Å². The van der Waals surface area contributed by atoms with E-state index in [0.29, 0.717) is 24.2 Å². The maximum absolute atomic E-state index is 12.3. The molecule has 9 heteroatoms. The lowest BCUT2D eigenvalue weighted by atomic mass is 9.85. The molecule has 4 amide bonds. The molecule has 2 N–H and O–H groups in total. The van der Waals surface area contributed by atoms with Crippen molar-refractivity contribution in [2.24, 2.45) is 11.8 Å². The lowest BCUT2D eigenvalue weighted by molar-refractivity contribution is -0.154. The van der Waals surface area contributed by atoms with E-state index in [4.69, 9.17) is 4.74 Å². The summed E-state index contributed by atoms with van der Waals surface area (Å²) in [5, 5.41) is 5.13. The number of allylic oxidation sites excluding steroid dienone is 2. The van der Waals surface area contributed by atoms with Gasteiger partial charge in [0.1, 0.15) is 6.54 Å². The van der Waals surface area contributed by atoms with Crippen LogP contribution >= 0.6 is 0 Å². The molecule has 2 aliphatic rings. The quantitative estimate of drug-likeness (QED) is 0.419. The normalized spacial score (nSPS) is 20.2. The monoisotopic (exact) mass is 399 g/mol. The predicted molar refractivity (Wildman–Crippen MR) is 102 cm³/mol. The molecule has 29 heavy (non-hydrogen) atoms. The zero-order valence-electron chi connectivity index (χ0n) is 15.8. The first-order valence-electron chi connectivity index (χ1n) is 9.18. The Balaban J connectivity index is 1.48. The van der Waals surface area contributed by atoms with Gasteiger partial charge in [-0.05, 0) is 31.0 Å². The van der Waals surface area contributed by atoms with E-state index < -0.39 is 36.9 Å². The highest BCUT2D eigenvalue weighted by molar-refractivity contribution is 6.07. The summed E-state index contributed by atoms with van der Waals surface area (Å²) in [7, 11) is 0. The van der Waals surface area contributed by atoms with Crippen LogP contribution in [0.2, 0.25) is 0 Å². The molecule has 0 radical (unpaired) electrons. The molecule has 1 saturated heterocycles. The molecule has 0 unspecified atom stereocenters. The van der Waals surface area contributed by atoms with Gasteiger partial charge in [-0.2, -0.15) is 0 Å². The van der Waals surface area contributed by atoms with E-state index in [9.17, 15) is 24.0 Å². The number of ether oxygens (including phenoxy) is 1.